The van der Waals surface area contributed by atoms with Crippen LogP contribution in [0.2, 0.25) is 5.15 Å². The molecule has 0 amide bonds. The Morgan fingerprint density at radius 3 is 2.80 bits per heavy atom. The lowest BCUT2D eigenvalue weighted by molar-refractivity contribution is 0.415. The third-order valence-electron chi connectivity index (χ3n) is 1.86. The van der Waals surface area contributed by atoms with Crippen LogP contribution in [-0.2, 0) is 7.05 Å². The van der Waals surface area contributed by atoms with Crippen LogP contribution >= 0.6 is 11.6 Å². The molecule has 0 saturated heterocycles. The van der Waals surface area contributed by atoms with E-state index in [1.54, 1.807) is 22.9 Å². The largest absolute Gasteiger partial charge is 0.421 e. The topological polar surface area (TPSA) is 39.9 Å². The van der Waals surface area contributed by atoms with Gasteiger partial charge in [0, 0.05) is 19.2 Å². The first-order chi connectivity index (χ1) is 7.15. The first kappa shape index (κ1) is 9.98. The monoisotopic (exact) mass is 223 g/mol. The van der Waals surface area contributed by atoms with Gasteiger partial charge in [-0.15, -0.1) is 0 Å². The summed E-state index contributed by atoms with van der Waals surface area (Å²) >= 11 is 5.74. The summed E-state index contributed by atoms with van der Waals surface area (Å²) in [6.45, 7) is 1.90. The molecule has 0 unspecified atom stereocenters. The van der Waals surface area contributed by atoms with E-state index in [0.717, 1.165) is 5.69 Å². The standard InChI is InChI=1S/C10H10ClN3O/c1-7-6-10(14(2)13-7)15-9-5-3-4-8(11)12-9/h3-6H,1-2H3. The van der Waals surface area contributed by atoms with Crippen LogP contribution in [0, 0.1) is 6.92 Å². The van der Waals surface area contributed by atoms with Gasteiger partial charge in [0.15, 0.2) is 0 Å². The zero-order valence-electron chi connectivity index (χ0n) is 8.44. The van der Waals surface area contributed by atoms with Crippen molar-refractivity contribution in [3.05, 3.63) is 35.1 Å². The maximum atomic E-state index is 5.74. The molecule has 5 heteroatoms. The zero-order valence-corrected chi connectivity index (χ0v) is 9.19. The summed E-state index contributed by atoms with van der Waals surface area (Å²) in [5.74, 6) is 1.10. The molecule has 0 aliphatic rings. The molecule has 0 aliphatic carbocycles. The van der Waals surface area contributed by atoms with E-state index in [2.05, 4.69) is 10.1 Å². The van der Waals surface area contributed by atoms with Gasteiger partial charge >= 0.3 is 0 Å². The number of pyridine rings is 1. The SMILES string of the molecule is Cc1cc(Oc2cccc(Cl)n2)n(C)n1. The Morgan fingerprint density at radius 2 is 2.20 bits per heavy atom. The van der Waals surface area contributed by atoms with E-state index in [-0.39, 0.29) is 0 Å². The maximum absolute atomic E-state index is 5.74. The summed E-state index contributed by atoms with van der Waals surface area (Å²) in [5, 5.41) is 4.57. The average molecular weight is 224 g/mol. The molecule has 2 rings (SSSR count). The van der Waals surface area contributed by atoms with Crippen molar-refractivity contribution in [3.63, 3.8) is 0 Å². The molecule has 0 saturated carbocycles. The highest BCUT2D eigenvalue weighted by Crippen LogP contribution is 2.20. The summed E-state index contributed by atoms with van der Waals surface area (Å²) < 4.78 is 7.17. The van der Waals surface area contributed by atoms with Gasteiger partial charge in [0.1, 0.15) is 5.15 Å². The minimum Gasteiger partial charge on any atom is -0.421 e. The molecule has 0 spiro atoms. The minimum absolute atomic E-state index is 0.409. The van der Waals surface area contributed by atoms with Crippen molar-refractivity contribution in [2.75, 3.05) is 0 Å². The number of halogens is 1. The molecule has 2 heterocycles. The van der Waals surface area contributed by atoms with Crippen LogP contribution in [0.4, 0.5) is 0 Å². The molecule has 4 nitrogen and oxygen atoms in total. The van der Waals surface area contributed by atoms with E-state index in [4.69, 9.17) is 16.3 Å². The second kappa shape index (κ2) is 3.90. The van der Waals surface area contributed by atoms with Gasteiger partial charge in [0.25, 0.3) is 0 Å². The zero-order chi connectivity index (χ0) is 10.8. The Bertz CT molecular complexity index is 481. The Labute approximate surface area is 92.5 Å². The lowest BCUT2D eigenvalue weighted by atomic mass is 10.5. The minimum atomic E-state index is 0.409. The van der Waals surface area contributed by atoms with Crippen molar-refractivity contribution in [3.8, 4) is 11.8 Å². The molecule has 15 heavy (non-hydrogen) atoms. The van der Waals surface area contributed by atoms with Gasteiger partial charge in [0.2, 0.25) is 11.8 Å². The fourth-order valence-corrected chi connectivity index (χ4v) is 1.39. The predicted molar refractivity (Wildman–Crippen MR) is 57.3 cm³/mol. The Kier molecular flexibility index (Phi) is 2.60. The third kappa shape index (κ3) is 2.27. The predicted octanol–water partition coefficient (Wildman–Crippen LogP) is 2.57. The Balaban J connectivity index is 2.25. The molecular formula is C10H10ClN3O. The number of hydrogen-bond acceptors (Lipinski definition) is 3. The van der Waals surface area contributed by atoms with Crippen molar-refractivity contribution < 1.29 is 4.74 Å². The van der Waals surface area contributed by atoms with Crippen molar-refractivity contribution in [2.24, 2.45) is 7.05 Å². The first-order valence-corrected chi connectivity index (χ1v) is 4.84. The summed E-state index contributed by atoms with van der Waals surface area (Å²) in [5.41, 5.74) is 0.898. The number of aryl methyl sites for hydroxylation is 2. The fraction of sp³-hybridized carbons (Fsp3) is 0.200. The van der Waals surface area contributed by atoms with Crippen LogP contribution in [0.5, 0.6) is 11.8 Å². The second-order valence-corrected chi connectivity index (χ2v) is 3.54. The first-order valence-electron chi connectivity index (χ1n) is 4.46. The van der Waals surface area contributed by atoms with Gasteiger partial charge < -0.3 is 4.74 Å². The second-order valence-electron chi connectivity index (χ2n) is 3.15. The van der Waals surface area contributed by atoms with Gasteiger partial charge in [-0.3, -0.25) is 0 Å². The smallest absolute Gasteiger partial charge is 0.222 e. The van der Waals surface area contributed by atoms with Crippen molar-refractivity contribution in [1.82, 2.24) is 14.8 Å². The lowest BCUT2D eigenvalue weighted by Crippen LogP contribution is -1.96. The molecule has 78 valence electrons. The normalized spacial score (nSPS) is 10.3. The van der Waals surface area contributed by atoms with Crippen molar-refractivity contribution in [2.45, 2.75) is 6.92 Å². The van der Waals surface area contributed by atoms with Gasteiger partial charge in [-0.2, -0.15) is 5.10 Å². The molecule has 2 aromatic heterocycles. The van der Waals surface area contributed by atoms with Gasteiger partial charge in [-0.1, -0.05) is 17.7 Å². The molecule has 0 aliphatic heterocycles. The quantitative estimate of drug-likeness (QED) is 0.735. The van der Waals surface area contributed by atoms with Crippen LogP contribution in [-0.4, -0.2) is 14.8 Å². The summed E-state index contributed by atoms with van der Waals surface area (Å²) in [7, 11) is 1.81. The third-order valence-corrected chi connectivity index (χ3v) is 2.07. The molecular weight excluding hydrogens is 214 g/mol. The van der Waals surface area contributed by atoms with Gasteiger partial charge in [0.05, 0.1) is 5.69 Å². The number of rotatable bonds is 2. The average Bonchev–Trinajstić information content (AvgIpc) is 2.45. The van der Waals surface area contributed by atoms with Crippen LogP contribution in [0.25, 0.3) is 0 Å². The highest BCUT2D eigenvalue weighted by Gasteiger charge is 2.05. The highest BCUT2D eigenvalue weighted by atomic mass is 35.5. The highest BCUT2D eigenvalue weighted by molar-refractivity contribution is 6.29. The molecule has 2 aromatic rings. The van der Waals surface area contributed by atoms with E-state index >= 15 is 0 Å². The molecule has 0 aromatic carbocycles. The molecule has 0 fully saturated rings. The summed E-state index contributed by atoms with van der Waals surface area (Å²) in [4.78, 5) is 4.02. The van der Waals surface area contributed by atoms with E-state index in [1.165, 1.54) is 0 Å². The van der Waals surface area contributed by atoms with Gasteiger partial charge in [-0.05, 0) is 13.0 Å². The number of hydrogen-bond donors (Lipinski definition) is 0. The van der Waals surface area contributed by atoms with Crippen LogP contribution in [0.1, 0.15) is 5.69 Å². The lowest BCUT2D eigenvalue weighted by Gasteiger charge is -2.03. The van der Waals surface area contributed by atoms with E-state index < -0.39 is 0 Å². The summed E-state index contributed by atoms with van der Waals surface area (Å²) in [6.07, 6.45) is 0. The molecule has 0 radical (unpaired) electrons. The molecule has 0 atom stereocenters. The van der Waals surface area contributed by atoms with E-state index in [1.807, 2.05) is 20.0 Å². The van der Waals surface area contributed by atoms with Crippen LogP contribution in [0.3, 0.4) is 0 Å². The van der Waals surface area contributed by atoms with Crippen LogP contribution in [0.15, 0.2) is 24.3 Å². The van der Waals surface area contributed by atoms with E-state index in [9.17, 15) is 0 Å². The molecule has 0 bridgehead atoms. The number of aromatic nitrogens is 3. The number of ether oxygens (including phenoxy) is 1. The van der Waals surface area contributed by atoms with E-state index in [0.29, 0.717) is 16.9 Å². The van der Waals surface area contributed by atoms with Crippen molar-refractivity contribution >= 4 is 11.6 Å². The van der Waals surface area contributed by atoms with Crippen LogP contribution < -0.4 is 4.74 Å². The summed E-state index contributed by atoms with van der Waals surface area (Å²) in [6, 6.07) is 7.06. The maximum Gasteiger partial charge on any atom is 0.222 e. The Hall–Kier alpha value is -1.55. The Morgan fingerprint density at radius 1 is 1.40 bits per heavy atom. The molecule has 0 N–H and O–H groups in total. The fourth-order valence-electron chi connectivity index (χ4n) is 1.24. The van der Waals surface area contributed by atoms with Gasteiger partial charge in [-0.25, -0.2) is 9.67 Å². The van der Waals surface area contributed by atoms with Crippen molar-refractivity contribution in [1.29, 1.82) is 0 Å². The number of nitrogens with zero attached hydrogens (tertiary/aromatic N) is 3.